The molecule has 0 heterocycles. The lowest BCUT2D eigenvalue weighted by Crippen LogP contribution is -2.17. The molecule has 0 unspecified atom stereocenters. The van der Waals surface area contributed by atoms with E-state index in [1.54, 1.807) is 20.8 Å². The first-order valence-electron chi connectivity index (χ1n) is 7.51. The first-order chi connectivity index (χ1) is 11.8. The summed E-state index contributed by atoms with van der Waals surface area (Å²) in [4.78, 5) is 11.0. The van der Waals surface area contributed by atoms with E-state index < -0.39 is 25.8 Å². The highest BCUT2D eigenvalue weighted by atomic mass is 32.2. The molecule has 0 amide bonds. The molecule has 9 heteroatoms. The molecule has 2 rings (SSSR count). The van der Waals surface area contributed by atoms with Crippen LogP contribution in [0.2, 0.25) is 0 Å². The lowest BCUT2D eigenvalue weighted by atomic mass is 10.1. The normalized spacial score (nSPS) is 12.0. The van der Waals surface area contributed by atoms with Crippen LogP contribution in [0.15, 0.2) is 40.1 Å². The van der Waals surface area contributed by atoms with Crippen molar-refractivity contribution < 1.29 is 26.7 Å². The Hall–Kier alpha value is -2.39. The molecule has 0 spiro atoms. The third kappa shape index (κ3) is 4.05. The zero-order valence-corrected chi connectivity index (χ0v) is 16.3. The third-order valence-corrected chi connectivity index (χ3v) is 6.64. The molecule has 0 saturated carbocycles. The predicted octanol–water partition coefficient (Wildman–Crippen LogP) is 2.51. The molecular weight excluding hydrogens is 378 g/mol. The number of carboxylic acids is 1. The molecule has 7 nitrogen and oxygen atoms in total. The Labute approximate surface area is 152 Å². The van der Waals surface area contributed by atoms with E-state index in [0.717, 1.165) is 12.3 Å². The number of nitrogens with one attached hydrogen (secondary N) is 1. The quantitative estimate of drug-likeness (QED) is 0.800. The lowest BCUT2D eigenvalue weighted by Gasteiger charge is -2.15. The maximum Gasteiger partial charge on any atom is 0.335 e. The molecule has 140 valence electrons. The molecule has 2 aromatic rings. The van der Waals surface area contributed by atoms with Gasteiger partial charge in [0.1, 0.15) is 0 Å². The predicted molar refractivity (Wildman–Crippen MR) is 98.0 cm³/mol. The smallest absolute Gasteiger partial charge is 0.335 e. The first kappa shape index (κ1) is 19.9. The first-order valence-corrected chi connectivity index (χ1v) is 10.9. The third-order valence-electron chi connectivity index (χ3n) is 4.04. The van der Waals surface area contributed by atoms with E-state index in [2.05, 4.69) is 4.72 Å². The zero-order chi connectivity index (χ0) is 19.9. The van der Waals surface area contributed by atoms with Gasteiger partial charge in [0.15, 0.2) is 9.84 Å². The summed E-state index contributed by atoms with van der Waals surface area (Å²) in [5.41, 5.74) is 1.44. The minimum atomic E-state index is -4.12. The van der Waals surface area contributed by atoms with Gasteiger partial charge >= 0.3 is 5.97 Å². The van der Waals surface area contributed by atoms with E-state index in [9.17, 15) is 21.6 Å². The van der Waals surface area contributed by atoms with Gasteiger partial charge in [0.2, 0.25) is 0 Å². The van der Waals surface area contributed by atoms with Gasteiger partial charge in [0.25, 0.3) is 10.0 Å². The Balaban J connectivity index is 2.59. The van der Waals surface area contributed by atoms with Gasteiger partial charge in [-0.3, -0.25) is 4.72 Å². The van der Waals surface area contributed by atoms with Crippen LogP contribution in [0.25, 0.3) is 0 Å². The van der Waals surface area contributed by atoms with Gasteiger partial charge in [-0.2, -0.15) is 0 Å². The number of rotatable bonds is 5. The van der Waals surface area contributed by atoms with Crippen LogP contribution in [0.5, 0.6) is 0 Å². The SMILES string of the molecule is Cc1ccc(S(C)(=O)=O)cc1NS(=O)(=O)c1cc(C(=O)O)cc(C)c1C. The van der Waals surface area contributed by atoms with Crippen LogP contribution in [0.3, 0.4) is 0 Å². The summed E-state index contributed by atoms with van der Waals surface area (Å²) in [5.74, 6) is -1.24. The van der Waals surface area contributed by atoms with E-state index in [-0.39, 0.29) is 21.0 Å². The maximum absolute atomic E-state index is 12.8. The summed E-state index contributed by atoms with van der Waals surface area (Å²) < 4.78 is 51.4. The molecule has 0 saturated heterocycles. The van der Waals surface area contributed by atoms with E-state index in [0.29, 0.717) is 16.7 Å². The molecule has 2 N–H and O–H groups in total. The summed E-state index contributed by atoms with van der Waals surface area (Å²) in [5, 5.41) is 9.17. The van der Waals surface area contributed by atoms with Crippen molar-refractivity contribution in [2.24, 2.45) is 0 Å². The summed E-state index contributed by atoms with van der Waals surface area (Å²) in [6.07, 6.45) is 1.03. The molecule has 0 aromatic heterocycles. The van der Waals surface area contributed by atoms with Crippen LogP contribution in [0, 0.1) is 20.8 Å². The Morgan fingerprint density at radius 1 is 0.962 bits per heavy atom. The average Bonchev–Trinajstić information content (AvgIpc) is 2.50. The Morgan fingerprint density at radius 2 is 1.58 bits per heavy atom. The lowest BCUT2D eigenvalue weighted by molar-refractivity contribution is 0.0696. The van der Waals surface area contributed by atoms with Crippen molar-refractivity contribution in [2.75, 3.05) is 11.0 Å². The second-order valence-corrected chi connectivity index (χ2v) is 9.74. The number of sulfone groups is 1. The van der Waals surface area contributed by atoms with Crippen molar-refractivity contribution in [2.45, 2.75) is 30.6 Å². The molecule has 0 radical (unpaired) electrons. The number of hydrogen-bond donors (Lipinski definition) is 2. The van der Waals surface area contributed by atoms with E-state index in [1.165, 1.54) is 24.3 Å². The molecule has 0 aliphatic rings. The van der Waals surface area contributed by atoms with E-state index >= 15 is 0 Å². The number of aryl methyl sites for hydroxylation is 2. The van der Waals surface area contributed by atoms with Crippen LogP contribution < -0.4 is 4.72 Å². The standard InChI is InChI=1S/C17H19NO6S2/c1-10-5-6-14(25(4,21)22)9-15(10)18-26(23,24)16-8-13(17(19)20)7-11(2)12(16)3/h5-9,18H,1-4H3,(H,19,20). The van der Waals surface area contributed by atoms with Crippen LogP contribution in [0.4, 0.5) is 5.69 Å². The van der Waals surface area contributed by atoms with Crippen LogP contribution in [-0.2, 0) is 19.9 Å². The van der Waals surface area contributed by atoms with Gasteiger partial charge in [0, 0.05) is 6.26 Å². The van der Waals surface area contributed by atoms with E-state index in [4.69, 9.17) is 5.11 Å². The summed E-state index contributed by atoms with van der Waals surface area (Å²) in [6.45, 7) is 4.83. The highest BCUT2D eigenvalue weighted by molar-refractivity contribution is 7.92. The summed E-state index contributed by atoms with van der Waals surface area (Å²) in [7, 11) is -7.62. The fraction of sp³-hybridized carbons (Fsp3) is 0.235. The van der Waals surface area contributed by atoms with Crippen LogP contribution in [0.1, 0.15) is 27.0 Å². The van der Waals surface area contributed by atoms with Gasteiger partial charge in [-0.05, 0) is 61.7 Å². The second-order valence-electron chi connectivity index (χ2n) is 6.08. The number of sulfonamides is 1. The highest BCUT2D eigenvalue weighted by Crippen LogP contribution is 2.26. The largest absolute Gasteiger partial charge is 0.478 e. The van der Waals surface area contributed by atoms with Crippen LogP contribution in [-0.4, -0.2) is 34.2 Å². The molecule has 0 fully saturated rings. The van der Waals surface area contributed by atoms with Crippen molar-refractivity contribution in [3.63, 3.8) is 0 Å². The minimum Gasteiger partial charge on any atom is -0.478 e. The number of aromatic carboxylic acids is 1. The molecule has 0 aliphatic heterocycles. The average molecular weight is 397 g/mol. The monoisotopic (exact) mass is 397 g/mol. The van der Waals surface area contributed by atoms with Crippen LogP contribution >= 0.6 is 0 Å². The van der Waals surface area contributed by atoms with Crippen molar-refractivity contribution in [1.29, 1.82) is 0 Å². The number of carbonyl (C=O) groups is 1. The number of carboxylic acid groups (broad SMARTS) is 1. The van der Waals surface area contributed by atoms with Crippen molar-refractivity contribution in [3.05, 3.63) is 52.6 Å². The summed E-state index contributed by atoms with van der Waals surface area (Å²) >= 11 is 0. The van der Waals surface area contributed by atoms with Crippen molar-refractivity contribution in [3.8, 4) is 0 Å². The summed E-state index contributed by atoms with van der Waals surface area (Å²) in [6, 6.07) is 6.61. The maximum atomic E-state index is 12.8. The number of hydrogen-bond acceptors (Lipinski definition) is 5. The molecule has 0 bridgehead atoms. The van der Waals surface area contributed by atoms with Gasteiger partial charge in [-0.1, -0.05) is 6.07 Å². The second kappa shape index (κ2) is 6.73. The topological polar surface area (TPSA) is 118 Å². The highest BCUT2D eigenvalue weighted by Gasteiger charge is 2.22. The number of benzene rings is 2. The molecular formula is C17H19NO6S2. The van der Waals surface area contributed by atoms with Gasteiger partial charge < -0.3 is 5.11 Å². The van der Waals surface area contributed by atoms with Gasteiger partial charge in [-0.15, -0.1) is 0 Å². The van der Waals surface area contributed by atoms with Crippen molar-refractivity contribution >= 4 is 31.5 Å². The van der Waals surface area contributed by atoms with Crippen molar-refractivity contribution in [1.82, 2.24) is 0 Å². The fourth-order valence-electron chi connectivity index (χ4n) is 2.37. The zero-order valence-electron chi connectivity index (χ0n) is 14.7. The molecule has 2 aromatic carbocycles. The Bertz CT molecular complexity index is 1100. The van der Waals surface area contributed by atoms with E-state index in [1.807, 2.05) is 0 Å². The minimum absolute atomic E-state index is 0.0204. The molecule has 0 atom stereocenters. The van der Waals surface area contributed by atoms with Gasteiger partial charge in [-0.25, -0.2) is 21.6 Å². The number of anilines is 1. The molecule has 26 heavy (non-hydrogen) atoms. The molecule has 0 aliphatic carbocycles. The fourth-order valence-corrected chi connectivity index (χ4v) is 4.48. The van der Waals surface area contributed by atoms with Gasteiger partial charge in [0.05, 0.1) is 21.0 Å². The Morgan fingerprint density at radius 3 is 2.12 bits per heavy atom. The Kier molecular flexibility index (Phi) is 5.16.